The zero-order valence-corrected chi connectivity index (χ0v) is 16.5. The highest BCUT2D eigenvalue weighted by Crippen LogP contribution is 2.28. The minimum absolute atomic E-state index is 0.348. The van der Waals surface area contributed by atoms with E-state index < -0.39 is 0 Å². The molecule has 0 radical (unpaired) electrons. The topological polar surface area (TPSA) is 80.0 Å². The van der Waals surface area contributed by atoms with Crippen molar-refractivity contribution in [2.75, 3.05) is 31.1 Å². The summed E-state index contributed by atoms with van der Waals surface area (Å²) >= 11 is 0. The molecule has 1 heterocycles. The molecule has 1 fully saturated rings. The summed E-state index contributed by atoms with van der Waals surface area (Å²) in [6, 6.07) is 4.04. The SMILES string of the molecule is CCC(CN1CCCCC1)N=C1C=CC(=Nc2cc(C)c(N)cc2N)C=C1. The lowest BCUT2D eigenvalue weighted by atomic mass is 10.1. The van der Waals surface area contributed by atoms with Crippen LogP contribution < -0.4 is 11.5 Å². The van der Waals surface area contributed by atoms with Crippen LogP contribution in [0.3, 0.4) is 0 Å². The summed E-state index contributed by atoms with van der Waals surface area (Å²) in [5.74, 6) is 0. The first-order valence-electron chi connectivity index (χ1n) is 9.95. The predicted octanol–water partition coefficient (Wildman–Crippen LogP) is 4.06. The predicted molar refractivity (Wildman–Crippen MR) is 117 cm³/mol. The monoisotopic (exact) mass is 365 g/mol. The van der Waals surface area contributed by atoms with Crippen LogP contribution in [-0.2, 0) is 0 Å². The molecule has 5 nitrogen and oxygen atoms in total. The number of piperidine rings is 1. The average molecular weight is 366 g/mol. The van der Waals surface area contributed by atoms with Crippen molar-refractivity contribution in [3.8, 4) is 0 Å². The van der Waals surface area contributed by atoms with Crippen LogP contribution in [-0.4, -0.2) is 42.0 Å². The number of benzene rings is 1. The molecular formula is C22H31N5. The quantitative estimate of drug-likeness (QED) is 0.610. The maximum absolute atomic E-state index is 6.04. The second-order valence-corrected chi connectivity index (χ2v) is 7.45. The number of nitrogens with zero attached hydrogens (tertiary/aromatic N) is 3. The molecule has 144 valence electrons. The van der Waals surface area contributed by atoms with Crippen molar-refractivity contribution in [3.63, 3.8) is 0 Å². The van der Waals surface area contributed by atoms with E-state index in [4.69, 9.17) is 16.5 Å². The van der Waals surface area contributed by atoms with Gasteiger partial charge in [-0.3, -0.25) is 4.99 Å². The van der Waals surface area contributed by atoms with Crippen LogP contribution in [0.1, 0.15) is 38.2 Å². The molecule has 1 aromatic rings. The molecule has 0 bridgehead atoms. The number of nitrogens with two attached hydrogens (primary N) is 2. The highest BCUT2D eigenvalue weighted by Gasteiger charge is 2.15. The van der Waals surface area contributed by atoms with E-state index in [1.54, 1.807) is 6.07 Å². The van der Waals surface area contributed by atoms with Gasteiger partial charge in [0.05, 0.1) is 28.8 Å². The van der Waals surface area contributed by atoms with E-state index in [-0.39, 0.29) is 0 Å². The van der Waals surface area contributed by atoms with Gasteiger partial charge in [-0.2, -0.15) is 0 Å². The smallest absolute Gasteiger partial charge is 0.0870 e. The summed E-state index contributed by atoms with van der Waals surface area (Å²) in [6.45, 7) is 7.67. The van der Waals surface area contributed by atoms with Gasteiger partial charge in [0.1, 0.15) is 0 Å². The molecule has 27 heavy (non-hydrogen) atoms. The molecule has 1 saturated heterocycles. The zero-order valence-electron chi connectivity index (χ0n) is 16.5. The zero-order chi connectivity index (χ0) is 19.2. The first-order chi connectivity index (χ1) is 13.0. The molecule has 4 N–H and O–H groups in total. The molecule has 3 rings (SSSR count). The second-order valence-electron chi connectivity index (χ2n) is 7.45. The summed E-state index contributed by atoms with van der Waals surface area (Å²) in [4.78, 5) is 12.1. The van der Waals surface area contributed by atoms with Crippen LogP contribution in [0, 0.1) is 6.92 Å². The fourth-order valence-electron chi connectivity index (χ4n) is 3.49. The highest BCUT2D eigenvalue weighted by atomic mass is 15.1. The van der Waals surface area contributed by atoms with Gasteiger partial charge in [0.15, 0.2) is 0 Å². The molecule has 1 atom stereocenters. The van der Waals surface area contributed by atoms with Crippen molar-refractivity contribution < 1.29 is 0 Å². The Hall–Kier alpha value is -2.40. The van der Waals surface area contributed by atoms with Gasteiger partial charge in [-0.05, 0) is 81.3 Å². The number of likely N-dealkylation sites (tertiary alicyclic amines) is 1. The summed E-state index contributed by atoms with van der Waals surface area (Å²) < 4.78 is 0. The van der Waals surface area contributed by atoms with E-state index in [0.717, 1.165) is 35.6 Å². The van der Waals surface area contributed by atoms with Gasteiger partial charge in [0.2, 0.25) is 0 Å². The van der Waals surface area contributed by atoms with Gasteiger partial charge < -0.3 is 16.4 Å². The number of nitrogen functional groups attached to an aromatic ring is 2. The van der Waals surface area contributed by atoms with Crippen molar-refractivity contribution in [1.29, 1.82) is 0 Å². The molecule has 0 saturated carbocycles. The van der Waals surface area contributed by atoms with E-state index in [0.29, 0.717) is 17.4 Å². The van der Waals surface area contributed by atoms with Crippen molar-refractivity contribution in [1.82, 2.24) is 4.90 Å². The minimum atomic E-state index is 0.348. The number of hydrogen-bond donors (Lipinski definition) is 2. The number of rotatable bonds is 5. The fraction of sp³-hybridized carbons (Fsp3) is 0.455. The maximum Gasteiger partial charge on any atom is 0.0870 e. The van der Waals surface area contributed by atoms with Gasteiger partial charge in [0, 0.05) is 12.2 Å². The molecular weight excluding hydrogens is 334 g/mol. The lowest BCUT2D eigenvalue weighted by molar-refractivity contribution is 0.215. The molecule has 5 heteroatoms. The van der Waals surface area contributed by atoms with E-state index in [1.165, 1.54) is 32.4 Å². The Morgan fingerprint density at radius 1 is 0.963 bits per heavy atom. The van der Waals surface area contributed by atoms with E-state index in [9.17, 15) is 0 Å². The Bertz CT molecular complexity index is 764. The normalized spacial score (nSPS) is 18.6. The van der Waals surface area contributed by atoms with Crippen LogP contribution in [0.5, 0.6) is 0 Å². The molecule has 1 aliphatic heterocycles. The van der Waals surface area contributed by atoms with Crippen LogP contribution in [0.4, 0.5) is 17.1 Å². The number of allylic oxidation sites excluding steroid dienone is 4. The third-order valence-corrected chi connectivity index (χ3v) is 5.24. The molecule has 0 aromatic heterocycles. The first-order valence-corrected chi connectivity index (χ1v) is 9.95. The third kappa shape index (κ3) is 5.30. The molecule has 0 spiro atoms. The van der Waals surface area contributed by atoms with E-state index >= 15 is 0 Å². The van der Waals surface area contributed by atoms with Crippen LogP contribution in [0.2, 0.25) is 0 Å². The average Bonchev–Trinajstić information content (AvgIpc) is 2.68. The lowest BCUT2D eigenvalue weighted by Crippen LogP contribution is -2.35. The van der Waals surface area contributed by atoms with Crippen molar-refractivity contribution in [3.05, 3.63) is 42.0 Å². The Balaban J connectivity index is 1.67. The molecule has 1 aliphatic carbocycles. The fourth-order valence-corrected chi connectivity index (χ4v) is 3.49. The Kier molecular flexibility index (Phi) is 6.45. The van der Waals surface area contributed by atoms with Crippen LogP contribution in [0.25, 0.3) is 0 Å². The summed E-state index contributed by atoms with van der Waals surface area (Å²) in [7, 11) is 0. The minimum Gasteiger partial charge on any atom is -0.398 e. The maximum atomic E-state index is 6.04. The number of aliphatic imine (C=N–C) groups is 2. The summed E-state index contributed by atoms with van der Waals surface area (Å²) in [6.07, 6.45) is 13.1. The van der Waals surface area contributed by atoms with Gasteiger partial charge in [-0.15, -0.1) is 0 Å². The lowest BCUT2D eigenvalue weighted by Gasteiger charge is -2.28. The van der Waals surface area contributed by atoms with Crippen molar-refractivity contribution >= 4 is 28.5 Å². The molecule has 2 aliphatic rings. The highest BCUT2D eigenvalue weighted by molar-refractivity contribution is 6.19. The van der Waals surface area contributed by atoms with E-state index in [2.05, 4.69) is 16.8 Å². The van der Waals surface area contributed by atoms with Crippen molar-refractivity contribution in [2.45, 2.75) is 45.6 Å². The Morgan fingerprint density at radius 2 is 1.63 bits per heavy atom. The summed E-state index contributed by atoms with van der Waals surface area (Å²) in [5, 5.41) is 0. The Morgan fingerprint density at radius 3 is 2.30 bits per heavy atom. The van der Waals surface area contributed by atoms with Gasteiger partial charge in [-0.25, -0.2) is 4.99 Å². The van der Waals surface area contributed by atoms with Crippen molar-refractivity contribution in [2.24, 2.45) is 9.98 Å². The first kappa shape index (κ1) is 19.4. The largest absolute Gasteiger partial charge is 0.398 e. The number of hydrogen-bond acceptors (Lipinski definition) is 5. The molecule has 0 amide bonds. The molecule has 1 aromatic carbocycles. The van der Waals surface area contributed by atoms with Crippen LogP contribution in [0.15, 0.2) is 46.4 Å². The third-order valence-electron chi connectivity index (χ3n) is 5.24. The Labute approximate surface area is 162 Å². The standard InChI is InChI=1S/C22H31N5/c1-3-17(15-27-11-5-4-6-12-27)25-18-7-9-19(10-8-18)26-22-13-16(2)20(23)14-21(22)24/h7-10,13-14,17H,3-6,11-12,15,23-24H2,1-2H3. The van der Waals surface area contributed by atoms with Gasteiger partial charge in [0.25, 0.3) is 0 Å². The van der Waals surface area contributed by atoms with Gasteiger partial charge >= 0.3 is 0 Å². The molecule has 1 unspecified atom stereocenters. The second kappa shape index (κ2) is 9.00. The number of aryl methyl sites for hydroxylation is 1. The van der Waals surface area contributed by atoms with Gasteiger partial charge in [-0.1, -0.05) is 13.3 Å². The van der Waals surface area contributed by atoms with Crippen LogP contribution >= 0.6 is 0 Å². The number of anilines is 2. The van der Waals surface area contributed by atoms with E-state index in [1.807, 2.05) is 37.3 Å². The summed E-state index contributed by atoms with van der Waals surface area (Å²) in [5.41, 5.74) is 16.8.